The summed E-state index contributed by atoms with van der Waals surface area (Å²) in [5, 5.41) is 5.01. The van der Waals surface area contributed by atoms with E-state index in [4.69, 9.17) is 9.47 Å². The van der Waals surface area contributed by atoms with Crippen LogP contribution in [0.1, 0.15) is 34.2 Å². The molecular weight excluding hydrogens is 475 g/mol. The fourth-order valence-corrected chi connectivity index (χ4v) is 3.59. The van der Waals surface area contributed by atoms with E-state index in [1.807, 2.05) is 30.3 Å². The van der Waals surface area contributed by atoms with E-state index in [1.54, 1.807) is 25.3 Å². The zero-order chi connectivity index (χ0) is 25.7. The van der Waals surface area contributed by atoms with E-state index in [0.717, 1.165) is 17.7 Å². The minimum Gasteiger partial charge on any atom is -0.489 e. The Morgan fingerprint density at radius 1 is 1.03 bits per heavy atom. The molecule has 0 fully saturated rings. The Balaban J connectivity index is 1.65. The lowest BCUT2D eigenvalue weighted by molar-refractivity contribution is -0.144. The summed E-state index contributed by atoms with van der Waals surface area (Å²) in [5.74, 6) is -0.686. The molecule has 0 unspecified atom stereocenters. The van der Waals surface area contributed by atoms with Crippen LogP contribution in [0.4, 0.5) is 13.2 Å². The van der Waals surface area contributed by atoms with E-state index in [-0.39, 0.29) is 31.9 Å². The molecule has 10 heteroatoms. The van der Waals surface area contributed by atoms with Crippen LogP contribution < -0.4 is 4.74 Å². The van der Waals surface area contributed by atoms with Gasteiger partial charge >= 0.3 is 12.1 Å². The van der Waals surface area contributed by atoms with Crippen LogP contribution in [0, 0.1) is 0 Å². The number of pyridine rings is 1. The number of carbonyl (C=O) groups is 2. The highest BCUT2D eigenvalue weighted by molar-refractivity contribution is 5.97. The number of benzene rings is 2. The number of alkyl halides is 3. The Morgan fingerprint density at radius 3 is 2.53 bits per heavy atom. The number of aromatic nitrogens is 3. The summed E-state index contributed by atoms with van der Waals surface area (Å²) in [4.78, 5) is 28.3. The van der Waals surface area contributed by atoms with Crippen LogP contribution in [0.3, 0.4) is 0 Å². The first-order valence-corrected chi connectivity index (χ1v) is 11.1. The molecule has 0 aliphatic rings. The fourth-order valence-electron chi connectivity index (χ4n) is 3.59. The van der Waals surface area contributed by atoms with E-state index in [0.29, 0.717) is 22.2 Å². The van der Waals surface area contributed by atoms with E-state index in [2.05, 4.69) is 10.1 Å². The van der Waals surface area contributed by atoms with E-state index in [1.165, 1.54) is 10.7 Å². The third kappa shape index (κ3) is 6.07. The van der Waals surface area contributed by atoms with Gasteiger partial charge in [-0.3, -0.25) is 14.3 Å². The van der Waals surface area contributed by atoms with Gasteiger partial charge < -0.3 is 9.47 Å². The molecule has 0 saturated heterocycles. The molecule has 2 aromatic heterocycles. The molecule has 7 nitrogen and oxygen atoms in total. The van der Waals surface area contributed by atoms with Gasteiger partial charge in [0.25, 0.3) is 0 Å². The number of fused-ring (bicyclic) bond motifs is 1. The van der Waals surface area contributed by atoms with E-state index < -0.39 is 23.6 Å². The first-order chi connectivity index (χ1) is 17.2. The maximum Gasteiger partial charge on any atom is 0.433 e. The quantitative estimate of drug-likeness (QED) is 0.239. The topological polar surface area (TPSA) is 83.3 Å². The summed E-state index contributed by atoms with van der Waals surface area (Å²) in [6.45, 7) is 2.06. The molecule has 2 aromatic carbocycles. The van der Waals surface area contributed by atoms with Gasteiger partial charge in [0.2, 0.25) is 0 Å². The van der Waals surface area contributed by atoms with Gasteiger partial charge in [0.05, 0.1) is 12.1 Å². The van der Waals surface area contributed by atoms with Crippen LogP contribution in [-0.4, -0.2) is 33.1 Å². The van der Waals surface area contributed by atoms with Crippen molar-refractivity contribution in [1.82, 2.24) is 14.8 Å². The molecule has 0 N–H and O–H groups in total. The van der Waals surface area contributed by atoms with Crippen molar-refractivity contribution < 1.29 is 32.2 Å². The van der Waals surface area contributed by atoms with Gasteiger partial charge in [-0.15, -0.1) is 0 Å². The predicted octanol–water partition coefficient (Wildman–Crippen LogP) is 5.02. The number of carbonyl (C=O) groups excluding carboxylic acids is 2. The van der Waals surface area contributed by atoms with Crippen LogP contribution in [0.2, 0.25) is 0 Å². The zero-order valence-corrected chi connectivity index (χ0v) is 19.3. The second-order valence-corrected chi connectivity index (χ2v) is 7.93. The Labute approximate surface area is 204 Å². The van der Waals surface area contributed by atoms with Gasteiger partial charge in [-0.1, -0.05) is 36.4 Å². The van der Waals surface area contributed by atoms with Gasteiger partial charge in [0.15, 0.2) is 5.78 Å². The normalized spacial score (nSPS) is 11.4. The van der Waals surface area contributed by atoms with Gasteiger partial charge in [0, 0.05) is 29.6 Å². The number of esters is 1. The fraction of sp³-hybridized carbons (Fsp3) is 0.231. The molecule has 186 valence electrons. The largest absolute Gasteiger partial charge is 0.489 e. The SMILES string of the molecule is CCOC(=O)Cn1cc2cc(CC(=O)c3cccc(C(F)(F)F)n3)c(OCc3ccccc3)cc2n1. The van der Waals surface area contributed by atoms with Crippen LogP contribution in [-0.2, 0) is 35.3 Å². The molecule has 0 aliphatic carbocycles. The molecule has 4 rings (SSSR count). The minimum absolute atomic E-state index is 0.0921. The molecular formula is C26H22F3N3O4. The van der Waals surface area contributed by atoms with Gasteiger partial charge in [-0.2, -0.15) is 18.3 Å². The van der Waals surface area contributed by atoms with Crippen molar-refractivity contribution in [1.29, 1.82) is 0 Å². The van der Waals surface area contributed by atoms with Gasteiger partial charge in [0.1, 0.15) is 30.3 Å². The molecule has 0 aliphatic heterocycles. The Hall–Kier alpha value is -4.21. The lowest BCUT2D eigenvalue weighted by Gasteiger charge is -2.12. The number of ketones is 1. The number of nitrogens with zero attached hydrogens (tertiary/aromatic N) is 3. The molecule has 2 heterocycles. The molecule has 0 amide bonds. The average Bonchev–Trinajstić information content (AvgIpc) is 3.23. The van der Waals surface area contributed by atoms with Crippen LogP contribution in [0.25, 0.3) is 10.9 Å². The molecule has 4 aromatic rings. The van der Waals surface area contributed by atoms with Crippen molar-refractivity contribution in [2.45, 2.75) is 32.7 Å². The maximum atomic E-state index is 13.1. The highest BCUT2D eigenvalue weighted by Gasteiger charge is 2.33. The lowest BCUT2D eigenvalue weighted by Crippen LogP contribution is -2.13. The second kappa shape index (κ2) is 10.6. The Morgan fingerprint density at radius 2 is 1.81 bits per heavy atom. The van der Waals surface area contributed by atoms with E-state index >= 15 is 0 Å². The molecule has 0 radical (unpaired) electrons. The van der Waals surface area contributed by atoms with Crippen LogP contribution in [0.5, 0.6) is 5.75 Å². The number of hydrogen-bond acceptors (Lipinski definition) is 6. The summed E-state index contributed by atoms with van der Waals surface area (Å²) in [7, 11) is 0. The molecule has 36 heavy (non-hydrogen) atoms. The highest BCUT2D eigenvalue weighted by atomic mass is 19.4. The number of ether oxygens (including phenoxy) is 2. The van der Waals surface area contributed by atoms with Crippen molar-refractivity contribution in [3.8, 4) is 5.75 Å². The lowest BCUT2D eigenvalue weighted by atomic mass is 10.0. The van der Waals surface area contributed by atoms with Crippen molar-refractivity contribution in [3.63, 3.8) is 0 Å². The molecule has 0 atom stereocenters. The third-order valence-electron chi connectivity index (χ3n) is 5.24. The van der Waals surface area contributed by atoms with Crippen molar-refractivity contribution in [2.75, 3.05) is 6.61 Å². The number of Topliss-reactive ketones (excluding diaryl/α,β-unsaturated/α-hetero) is 1. The van der Waals surface area contributed by atoms with Crippen LogP contribution >= 0.6 is 0 Å². The Bertz CT molecular complexity index is 1380. The minimum atomic E-state index is -4.66. The second-order valence-electron chi connectivity index (χ2n) is 7.93. The smallest absolute Gasteiger partial charge is 0.433 e. The average molecular weight is 497 g/mol. The van der Waals surface area contributed by atoms with E-state index in [9.17, 15) is 22.8 Å². The summed E-state index contributed by atoms with van der Waals surface area (Å²) < 4.78 is 51.5. The molecule has 0 spiro atoms. The summed E-state index contributed by atoms with van der Waals surface area (Å²) in [6, 6.07) is 15.9. The van der Waals surface area contributed by atoms with Crippen molar-refractivity contribution in [2.24, 2.45) is 0 Å². The monoisotopic (exact) mass is 497 g/mol. The zero-order valence-electron chi connectivity index (χ0n) is 19.3. The summed E-state index contributed by atoms with van der Waals surface area (Å²) in [6.07, 6.45) is -3.27. The van der Waals surface area contributed by atoms with Crippen molar-refractivity contribution >= 4 is 22.7 Å². The molecule has 0 bridgehead atoms. The summed E-state index contributed by atoms with van der Waals surface area (Å²) in [5.41, 5.74) is 0.442. The predicted molar refractivity (Wildman–Crippen MR) is 124 cm³/mol. The first-order valence-electron chi connectivity index (χ1n) is 11.1. The third-order valence-corrected chi connectivity index (χ3v) is 5.24. The first kappa shape index (κ1) is 24.9. The standard InChI is InChI=1S/C26H22F3N3O4/c1-2-35-25(34)15-32-14-19-11-18(12-22(33)20-9-6-10-24(30-20)26(27,28)29)23(13-21(19)31-32)36-16-17-7-4-3-5-8-17/h3-11,13-14H,2,12,15-16H2,1H3. The van der Waals surface area contributed by atoms with Crippen LogP contribution in [0.15, 0.2) is 66.9 Å². The van der Waals surface area contributed by atoms with Crippen molar-refractivity contribution in [3.05, 3.63) is 89.4 Å². The highest BCUT2D eigenvalue weighted by Crippen LogP contribution is 2.29. The summed E-state index contributed by atoms with van der Waals surface area (Å²) >= 11 is 0. The van der Waals surface area contributed by atoms with Gasteiger partial charge in [-0.05, 0) is 30.7 Å². The number of halogens is 3. The number of hydrogen-bond donors (Lipinski definition) is 0. The van der Waals surface area contributed by atoms with Gasteiger partial charge in [-0.25, -0.2) is 4.98 Å². The molecule has 0 saturated carbocycles. The Kier molecular flexibility index (Phi) is 7.33. The maximum absolute atomic E-state index is 13.1. The number of rotatable bonds is 9.